The Hall–Kier alpha value is -0.770. The maximum Gasteiger partial charge on any atom is 0.122 e. The summed E-state index contributed by atoms with van der Waals surface area (Å²) in [6, 6.07) is 0. The van der Waals surface area contributed by atoms with Crippen LogP contribution in [0.2, 0.25) is 0 Å². The summed E-state index contributed by atoms with van der Waals surface area (Å²) in [6.07, 6.45) is 16.6. The molecule has 0 N–H and O–H groups in total. The van der Waals surface area contributed by atoms with Gasteiger partial charge in [0.05, 0.1) is 0 Å². The van der Waals surface area contributed by atoms with Gasteiger partial charge >= 0.3 is 0 Å². The number of hydrogen-bond donors (Lipinski definition) is 0. The summed E-state index contributed by atoms with van der Waals surface area (Å²) in [6.45, 7) is 4.82. The van der Waals surface area contributed by atoms with Crippen molar-refractivity contribution in [2.24, 2.45) is 34.5 Å². The molecular formula is C21H29F. The molecule has 0 bridgehead atoms. The monoisotopic (exact) mass is 300 g/mol. The first-order valence-corrected chi connectivity index (χ1v) is 9.31. The van der Waals surface area contributed by atoms with E-state index < -0.39 is 6.17 Å². The van der Waals surface area contributed by atoms with E-state index in [0.717, 1.165) is 36.7 Å². The summed E-state index contributed by atoms with van der Waals surface area (Å²) < 4.78 is 14.5. The summed E-state index contributed by atoms with van der Waals surface area (Å²) in [5, 5.41) is 0. The molecule has 7 atom stereocenters. The number of fused-ring (bicyclic) bond motifs is 5. The van der Waals surface area contributed by atoms with Crippen LogP contribution in [0.15, 0.2) is 11.6 Å². The van der Waals surface area contributed by atoms with E-state index in [-0.39, 0.29) is 5.41 Å². The van der Waals surface area contributed by atoms with Gasteiger partial charge in [0.15, 0.2) is 0 Å². The first kappa shape index (κ1) is 14.8. The molecule has 0 aliphatic heterocycles. The normalized spacial score (nSPS) is 53.7. The maximum absolute atomic E-state index is 14.5. The summed E-state index contributed by atoms with van der Waals surface area (Å²) in [4.78, 5) is 0. The first-order valence-electron chi connectivity index (χ1n) is 9.31. The van der Waals surface area contributed by atoms with Crippen LogP contribution in [0.4, 0.5) is 4.39 Å². The highest BCUT2D eigenvalue weighted by molar-refractivity contribution is 5.28. The molecule has 120 valence electrons. The fourth-order valence-corrected chi connectivity index (χ4v) is 7.01. The second kappa shape index (κ2) is 4.86. The Morgan fingerprint density at radius 3 is 2.73 bits per heavy atom. The van der Waals surface area contributed by atoms with Crippen molar-refractivity contribution < 1.29 is 4.39 Å². The van der Waals surface area contributed by atoms with E-state index in [0.29, 0.717) is 17.3 Å². The van der Waals surface area contributed by atoms with Crippen LogP contribution in [0.25, 0.3) is 0 Å². The number of halogens is 1. The molecule has 0 aromatic heterocycles. The lowest BCUT2D eigenvalue weighted by Gasteiger charge is -2.57. The van der Waals surface area contributed by atoms with Gasteiger partial charge in [0.2, 0.25) is 0 Å². The maximum atomic E-state index is 14.5. The van der Waals surface area contributed by atoms with Crippen molar-refractivity contribution in [2.75, 3.05) is 0 Å². The van der Waals surface area contributed by atoms with Crippen LogP contribution in [0.3, 0.4) is 0 Å². The molecule has 0 aromatic rings. The van der Waals surface area contributed by atoms with Gasteiger partial charge in [-0.2, -0.15) is 0 Å². The van der Waals surface area contributed by atoms with Gasteiger partial charge in [-0.05, 0) is 85.5 Å². The zero-order chi connectivity index (χ0) is 15.5. The third-order valence-electron chi connectivity index (χ3n) is 8.22. The van der Waals surface area contributed by atoms with E-state index in [1.807, 2.05) is 0 Å². The van der Waals surface area contributed by atoms with E-state index in [2.05, 4.69) is 25.8 Å². The van der Waals surface area contributed by atoms with Gasteiger partial charge in [0.1, 0.15) is 6.17 Å². The molecule has 0 heterocycles. The van der Waals surface area contributed by atoms with E-state index in [1.165, 1.54) is 32.1 Å². The van der Waals surface area contributed by atoms with Gasteiger partial charge in [-0.3, -0.25) is 0 Å². The highest BCUT2D eigenvalue weighted by Gasteiger charge is 2.58. The molecule has 0 aromatic carbocycles. The molecule has 0 nitrogen and oxygen atoms in total. The largest absolute Gasteiger partial charge is 0.243 e. The fraction of sp³-hybridized carbons (Fsp3) is 0.810. The van der Waals surface area contributed by atoms with Crippen molar-refractivity contribution in [1.82, 2.24) is 0 Å². The van der Waals surface area contributed by atoms with Crippen molar-refractivity contribution in [3.05, 3.63) is 11.6 Å². The predicted octanol–water partition coefficient (Wildman–Crippen LogP) is 5.54. The minimum atomic E-state index is -0.671. The fourth-order valence-electron chi connectivity index (χ4n) is 7.01. The van der Waals surface area contributed by atoms with Crippen molar-refractivity contribution in [1.29, 1.82) is 0 Å². The lowest BCUT2D eigenvalue weighted by atomic mass is 9.47. The third kappa shape index (κ3) is 1.76. The molecule has 0 radical (unpaired) electrons. The summed E-state index contributed by atoms with van der Waals surface area (Å²) in [5.41, 5.74) is 1.65. The van der Waals surface area contributed by atoms with Crippen LogP contribution in [0, 0.1) is 46.8 Å². The Labute approximate surface area is 134 Å². The van der Waals surface area contributed by atoms with Crippen LogP contribution in [0.1, 0.15) is 65.2 Å². The van der Waals surface area contributed by atoms with Crippen LogP contribution >= 0.6 is 0 Å². The van der Waals surface area contributed by atoms with Crippen molar-refractivity contribution in [3.8, 4) is 12.3 Å². The van der Waals surface area contributed by atoms with Gasteiger partial charge in [0.25, 0.3) is 0 Å². The second-order valence-electron chi connectivity index (χ2n) is 8.89. The molecule has 4 rings (SSSR count). The lowest BCUT2D eigenvalue weighted by molar-refractivity contribution is -0.0396. The second-order valence-corrected chi connectivity index (χ2v) is 8.89. The molecule has 0 amide bonds. The van der Waals surface area contributed by atoms with Gasteiger partial charge in [-0.15, -0.1) is 12.3 Å². The smallest absolute Gasteiger partial charge is 0.122 e. The molecule has 0 spiro atoms. The molecular weight excluding hydrogens is 271 g/mol. The highest BCUT2D eigenvalue weighted by atomic mass is 19.1. The number of allylic oxidation sites excluding steroid dienone is 2. The zero-order valence-electron chi connectivity index (χ0n) is 14.1. The van der Waals surface area contributed by atoms with Crippen LogP contribution < -0.4 is 0 Å². The molecule has 1 heteroatoms. The number of terminal acetylenes is 1. The topological polar surface area (TPSA) is 0 Å². The molecule has 0 saturated heterocycles. The molecule has 4 aliphatic carbocycles. The predicted molar refractivity (Wildman–Crippen MR) is 88.9 cm³/mol. The summed E-state index contributed by atoms with van der Waals surface area (Å²) >= 11 is 0. The molecule has 3 fully saturated rings. The van der Waals surface area contributed by atoms with Crippen LogP contribution in [-0.4, -0.2) is 6.17 Å². The summed E-state index contributed by atoms with van der Waals surface area (Å²) in [7, 11) is 0. The van der Waals surface area contributed by atoms with E-state index in [1.54, 1.807) is 0 Å². The Bertz CT molecular complexity index is 541. The van der Waals surface area contributed by atoms with Crippen molar-refractivity contribution in [3.63, 3.8) is 0 Å². The van der Waals surface area contributed by atoms with Gasteiger partial charge in [-0.25, -0.2) is 4.39 Å². The SMILES string of the molecule is C#C[C@@H]1CC[C@H]2[C@@H]3CC=C4[C@@H](F)CCC[C@]4(C)[C@H]3CC[C@]12C. The molecule has 3 saturated carbocycles. The highest BCUT2D eigenvalue weighted by Crippen LogP contribution is 2.66. The van der Waals surface area contributed by atoms with Gasteiger partial charge in [0, 0.05) is 5.92 Å². The lowest BCUT2D eigenvalue weighted by Crippen LogP contribution is -2.50. The number of hydrogen-bond acceptors (Lipinski definition) is 0. The summed E-state index contributed by atoms with van der Waals surface area (Å²) in [5.74, 6) is 5.77. The quantitative estimate of drug-likeness (QED) is 0.407. The average molecular weight is 300 g/mol. The number of alkyl halides is 1. The minimum absolute atomic E-state index is 0.135. The first-order chi connectivity index (χ1) is 10.5. The molecule has 4 aliphatic rings. The zero-order valence-corrected chi connectivity index (χ0v) is 14.1. The molecule has 22 heavy (non-hydrogen) atoms. The Morgan fingerprint density at radius 1 is 1.14 bits per heavy atom. The van der Waals surface area contributed by atoms with Crippen LogP contribution in [-0.2, 0) is 0 Å². The van der Waals surface area contributed by atoms with E-state index in [9.17, 15) is 4.39 Å². The van der Waals surface area contributed by atoms with Gasteiger partial charge < -0.3 is 0 Å². The minimum Gasteiger partial charge on any atom is -0.243 e. The van der Waals surface area contributed by atoms with Crippen molar-refractivity contribution >= 4 is 0 Å². The Balaban J connectivity index is 1.70. The van der Waals surface area contributed by atoms with Crippen molar-refractivity contribution in [2.45, 2.75) is 71.4 Å². The van der Waals surface area contributed by atoms with Crippen LogP contribution in [0.5, 0.6) is 0 Å². The van der Waals surface area contributed by atoms with E-state index >= 15 is 0 Å². The average Bonchev–Trinajstić information content (AvgIpc) is 2.83. The Morgan fingerprint density at radius 2 is 1.95 bits per heavy atom. The van der Waals surface area contributed by atoms with E-state index in [4.69, 9.17) is 6.42 Å². The standard InChI is InChI=1S/C21H29F/c1-4-14-7-9-16-15-8-10-18-19(22)6-5-12-21(18,3)17(15)11-13-20(14,16)2/h1,10,14-17,19H,5-9,11-13H2,2-3H3/t14-,15+,16+,17+,19+,20-,21-/m1/s1. The number of rotatable bonds is 0. The third-order valence-corrected chi connectivity index (χ3v) is 8.22. The van der Waals surface area contributed by atoms with Gasteiger partial charge in [-0.1, -0.05) is 19.9 Å². The Kier molecular flexibility index (Phi) is 3.27. The molecule has 0 unspecified atom stereocenters.